The van der Waals surface area contributed by atoms with Crippen molar-refractivity contribution in [1.29, 1.82) is 0 Å². The summed E-state index contributed by atoms with van der Waals surface area (Å²) in [4.78, 5) is 10.6. The highest BCUT2D eigenvalue weighted by Crippen LogP contribution is 2.33. The molecule has 0 aromatic carbocycles. The number of hydrogen-bond donors (Lipinski definition) is 1. The van der Waals surface area contributed by atoms with E-state index in [0.29, 0.717) is 0 Å². The van der Waals surface area contributed by atoms with Gasteiger partial charge in [-0.25, -0.2) is 4.79 Å². The van der Waals surface area contributed by atoms with Crippen molar-refractivity contribution in [3.05, 3.63) is 0 Å². The zero-order valence-corrected chi connectivity index (χ0v) is 10.8. The highest BCUT2D eigenvalue weighted by Gasteiger charge is 2.30. The lowest BCUT2D eigenvalue weighted by Gasteiger charge is -2.13. The molecule has 0 rings (SSSR count). The van der Waals surface area contributed by atoms with Crippen LogP contribution in [0, 0.1) is 0 Å². The van der Waals surface area contributed by atoms with Crippen LogP contribution in [0.2, 0.25) is 0 Å². The second-order valence-electron chi connectivity index (χ2n) is 2.47. The highest BCUT2D eigenvalue weighted by atomic mass is 127. The van der Waals surface area contributed by atoms with Crippen LogP contribution >= 0.6 is 45.2 Å². The van der Waals surface area contributed by atoms with Gasteiger partial charge in [-0.15, -0.1) is 0 Å². The molecule has 66 valence electrons. The molecule has 0 saturated carbocycles. The van der Waals surface area contributed by atoms with Crippen molar-refractivity contribution in [3.63, 3.8) is 0 Å². The van der Waals surface area contributed by atoms with Crippen molar-refractivity contribution in [1.82, 2.24) is 0 Å². The lowest BCUT2D eigenvalue weighted by Crippen LogP contribution is -2.23. The summed E-state index contributed by atoms with van der Waals surface area (Å²) in [6, 6.07) is 0. The average molecular weight is 382 g/mol. The third-order valence-corrected chi connectivity index (χ3v) is 3.41. The Morgan fingerprint density at radius 1 is 1.45 bits per heavy atom. The van der Waals surface area contributed by atoms with Crippen LogP contribution in [0.3, 0.4) is 0 Å². The van der Waals surface area contributed by atoms with Gasteiger partial charge >= 0.3 is 5.97 Å². The van der Waals surface area contributed by atoms with E-state index in [1.165, 1.54) is 0 Å². The lowest BCUT2D eigenvalue weighted by atomic mass is 10.2. The van der Waals surface area contributed by atoms with Gasteiger partial charge in [-0.2, -0.15) is 0 Å². The minimum Gasteiger partial charge on any atom is -0.480 e. The van der Waals surface area contributed by atoms with Gasteiger partial charge in [-0.1, -0.05) is 71.4 Å². The van der Waals surface area contributed by atoms with E-state index in [1.54, 1.807) is 0 Å². The molecule has 0 spiro atoms. The second-order valence-corrected chi connectivity index (χ2v) is 8.21. The van der Waals surface area contributed by atoms with E-state index >= 15 is 0 Å². The van der Waals surface area contributed by atoms with Crippen molar-refractivity contribution >= 4 is 51.2 Å². The maximum Gasteiger partial charge on any atom is 0.329 e. The van der Waals surface area contributed by atoms with Gasteiger partial charge in [-0.3, -0.25) is 0 Å². The monoisotopic (exact) mass is 382 g/mol. The van der Waals surface area contributed by atoms with Gasteiger partial charge in [0.05, 0.1) is 0 Å². The first-order chi connectivity index (χ1) is 5.00. The first kappa shape index (κ1) is 11.9. The van der Waals surface area contributed by atoms with Gasteiger partial charge in [-0.05, 0) is 6.42 Å². The summed E-state index contributed by atoms with van der Waals surface area (Å²) >= 11 is 3.98. The Kier molecular flexibility index (Phi) is 6.02. The zero-order chi connectivity index (χ0) is 8.91. The molecule has 0 aliphatic rings. The fourth-order valence-electron chi connectivity index (χ4n) is 0.704. The predicted octanol–water partition coefficient (Wildman–Crippen LogP) is 3.22. The predicted molar refractivity (Wildman–Crippen MR) is 62.5 cm³/mol. The molecule has 0 atom stereocenters. The van der Waals surface area contributed by atoms with Gasteiger partial charge < -0.3 is 5.11 Å². The summed E-state index contributed by atoms with van der Waals surface area (Å²) in [6.45, 7) is 2.11. The summed E-state index contributed by atoms with van der Waals surface area (Å²) in [5.74, 6) is -0.713. The number of hydrogen-bond acceptors (Lipinski definition) is 1. The average Bonchev–Trinajstić information content (AvgIpc) is 1.88. The van der Waals surface area contributed by atoms with Crippen molar-refractivity contribution in [2.75, 3.05) is 0 Å². The smallest absolute Gasteiger partial charge is 0.329 e. The largest absolute Gasteiger partial charge is 0.480 e. The summed E-state index contributed by atoms with van der Waals surface area (Å²) in [5, 5.41) is 8.73. The first-order valence-electron chi connectivity index (χ1n) is 3.62. The van der Waals surface area contributed by atoms with Crippen LogP contribution in [-0.4, -0.2) is 12.5 Å². The molecule has 0 aliphatic heterocycles. The van der Waals surface area contributed by atoms with E-state index in [-0.39, 0.29) is 0 Å². The minimum atomic E-state index is -0.713. The Morgan fingerprint density at radius 2 is 2.00 bits per heavy atom. The summed E-state index contributed by atoms with van der Waals surface area (Å²) in [5.41, 5.74) is 0. The molecule has 0 bridgehead atoms. The fraction of sp³-hybridized carbons (Fsp3) is 0.857. The molecule has 11 heavy (non-hydrogen) atoms. The Hall–Kier alpha value is 0.930. The third-order valence-electron chi connectivity index (χ3n) is 1.41. The molecule has 0 aromatic heterocycles. The quantitative estimate of drug-likeness (QED) is 0.451. The van der Waals surface area contributed by atoms with E-state index in [9.17, 15) is 4.79 Å². The van der Waals surface area contributed by atoms with Crippen molar-refractivity contribution in [2.45, 2.75) is 34.0 Å². The molecule has 0 unspecified atom stereocenters. The number of carbonyl (C=O) groups is 1. The number of unbranched alkanes of at least 4 members (excludes halogenated alkanes) is 2. The molecule has 0 aromatic rings. The third kappa shape index (κ3) is 5.21. The maximum atomic E-state index is 10.6. The molecular formula is C7H12I2O2. The van der Waals surface area contributed by atoms with Crippen LogP contribution in [0.4, 0.5) is 0 Å². The number of alkyl halides is 2. The minimum absolute atomic E-state index is 0.593. The molecule has 0 saturated heterocycles. The second kappa shape index (κ2) is 5.55. The van der Waals surface area contributed by atoms with Crippen LogP contribution < -0.4 is 0 Å². The van der Waals surface area contributed by atoms with Crippen LogP contribution in [0.1, 0.15) is 32.6 Å². The van der Waals surface area contributed by atoms with Gasteiger partial charge in [0.25, 0.3) is 0 Å². The maximum absolute atomic E-state index is 10.6. The Bertz CT molecular complexity index is 134. The topological polar surface area (TPSA) is 37.3 Å². The van der Waals surface area contributed by atoms with E-state index in [0.717, 1.165) is 25.7 Å². The molecule has 0 radical (unpaired) electrons. The van der Waals surface area contributed by atoms with E-state index in [2.05, 4.69) is 6.92 Å². The SMILES string of the molecule is CCCCCC(I)(I)C(=O)O. The van der Waals surface area contributed by atoms with Crippen LogP contribution in [0.15, 0.2) is 0 Å². The molecule has 1 N–H and O–H groups in total. The Balaban J connectivity index is 3.64. The molecule has 0 aliphatic carbocycles. The van der Waals surface area contributed by atoms with Crippen LogP contribution in [0.5, 0.6) is 0 Å². The number of aliphatic carboxylic acids is 1. The Labute approximate surface area is 94.4 Å². The number of carboxylic acid groups (broad SMARTS) is 1. The standard InChI is InChI=1S/C7H12I2O2/c1-2-3-4-5-7(8,9)6(10)11/h2-5H2,1H3,(H,10,11). The van der Waals surface area contributed by atoms with Gasteiger partial charge in [0.15, 0.2) is 1.43 Å². The molecule has 0 heterocycles. The summed E-state index contributed by atoms with van der Waals surface area (Å²) in [7, 11) is 0. The van der Waals surface area contributed by atoms with E-state index in [4.69, 9.17) is 5.11 Å². The number of rotatable bonds is 5. The molecule has 4 heteroatoms. The molecule has 0 fully saturated rings. The number of carboxylic acids is 1. The summed E-state index contributed by atoms with van der Waals surface area (Å²) in [6.07, 6.45) is 4.04. The Morgan fingerprint density at radius 3 is 2.36 bits per heavy atom. The zero-order valence-electron chi connectivity index (χ0n) is 6.44. The molecule has 0 amide bonds. The lowest BCUT2D eigenvalue weighted by molar-refractivity contribution is -0.136. The summed E-state index contributed by atoms with van der Waals surface area (Å²) < 4.78 is -0.593. The normalized spacial score (nSPS) is 11.5. The highest BCUT2D eigenvalue weighted by molar-refractivity contribution is 14.2. The fourth-order valence-corrected chi connectivity index (χ4v) is 1.47. The van der Waals surface area contributed by atoms with Gasteiger partial charge in [0, 0.05) is 0 Å². The van der Waals surface area contributed by atoms with Crippen molar-refractivity contribution in [2.24, 2.45) is 0 Å². The van der Waals surface area contributed by atoms with Crippen molar-refractivity contribution in [3.8, 4) is 0 Å². The van der Waals surface area contributed by atoms with Gasteiger partial charge in [0.1, 0.15) is 0 Å². The van der Waals surface area contributed by atoms with E-state index < -0.39 is 7.40 Å². The van der Waals surface area contributed by atoms with Crippen LogP contribution in [-0.2, 0) is 4.79 Å². The molecular weight excluding hydrogens is 370 g/mol. The number of halogens is 2. The van der Waals surface area contributed by atoms with Crippen molar-refractivity contribution < 1.29 is 9.90 Å². The molecule has 2 nitrogen and oxygen atoms in total. The first-order valence-corrected chi connectivity index (χ1v) is 5.77. The van der Waals surface area contributed by atoms with Crippen LogP contribution in [0.25, 0.3) is 0 Å². The van der Waals surface area contributed by atoms with E-state index in [1.807, 2.05) is 45.2 Å². The van der Waals surface area contributed by atoms with Gasteiger partial charge in [0.2, 0.25) is 0 Å².